The topological polar surface area (TPSA) is 30.5 Å². The highest BCUT2D eigenvalue weighted by Gasteiger charge is 2.22. The van der Waals surface area contributed by atoms with Gasteiger partial charge in [0, 0.05) is 17.2 Å². The van der Waals surface area contributed by atoms with E-state index in [1.54, 1.807) is 20.3 Å². The van der Waals surface area contributed by atoms with Crippen molar-refractivity contribution in [1.29, 1.82) is 0 Å². The molecule has 0 spiro atoms. The first kappa shape index (κ1) is 14.1. The summed E-state index contributed by atoms with van der Waals surface area (Å²) in [7, 11) is 3.20. The molecule has 2 rings (SSSR count). The standard InChI is InChI=1S/C15H22FNO2/c1-10(16)11-8-15(19-3)12(9-14(11)18-2)13-6-4-5-7-17-13/h8-10,13,17H,4-7H2,1-3H3. The Bertz CT molecular complexity index is 428. The lowest BCUT2D eigenvalue weighted by molar-refractivity contribution is 0.336. The van der Waals surface area contributed by atoms with Gasteiger partial charge in [-0.15, -0.1) is 0 Å². The van der Waals surface area contributed by atoms with Gasteiger partial charge in [0.1, 0.15) is 17.7 Å². The van der Waals surface area contributed by atoms with E-state index in [-0.39, 0.29) is 6.04 Å². The van der Waals surface area contributed by atoms with Gasteiger partial charge in [-0.25, -0.2) is 4.39 Å². The van der Waals surface area contributed by atoms with Crippen molar-refractivity contribution in [2.75, 3.05) is 20.8 Å². The third-order valence-electron chi connectivity index (χ3n) is 3.70. The van der Waals surface area contributed by atoms with Crippen molar-refractivity contribution in [3.8, 4) is 11.5 Å². The smallest absolute Gasteiger partial charge is 0.126 e. The molecule has 1 heterocycles. The molecule has 1 aromatic carbocycles. The number of piperidine rings is 1. The molecule has 0 radical (unpaired) electrons. The number of ether oxygens (including phenoxy) is 2. The van der Waals surface area contributed by atoms with Crippen LogP contribution < -0.4 is 14.8 Å². The van der Waals surface area contributed by atoms with Crippen molar-refractivity contribution in [2.45, 2.75) is 38.4 Å². The summed E-state index contributed by atoms with van der Waals surface area (Å²) >= 11 is 0. The molecule has 0 amide bonds. The fourth-order valence-corrected chi connectivity index (χ4v) is 2.65. The minimum atomic E-state index is -1.07. The van der Waals surface area contributed by atoms with Crippen molar-refractivity contribution in [3.63, 3.8) is 0 Å². The normalized spacial score (nSPS) is 20.9. The lowest BCUT2D eigenvalue weighted by Crippen LogP contribution is -2.27. The van der Waals surface area contributed by atoms with Crippen LogP contribution in [0.2, 0.25) is 0 Å². The molecule has 2 atom stereocenters. The molecule has 1 saturated heterocycles. The minimum absolute atomic E-state index is 0.265. The fourth-order valence-electron chi connectivity index (χ4n) is 2.65. The first-order valence-electron chi connectivity index (χ1n) is 6.80. The molecule has 106 valence electrons. The van der Waals surface area contributed by atoms with E-state index in [9.17, 15) is 4.39 Å². The SMILES string of the molecule is COc1cc(C2CCCCN2)c(OC)cc1C(C)F. The van der Waals surface area contributed by atoms with Crippen LogP contribution in [-0.2, 0) is 0 Å². The van der Waals surface area contributed by atoms with E-state index in [0.29, 0.717) is 11.3 Å². The maximum Gasteiger partial charge on any atom is 0.126 e. The summed E-state index contributed by atoms with van der Waals surface area (Å²) in [6.07, 6.45) is 2.40. The first-order chi connectivity index (χ1) is 9.17. The summed E-state index contributed by atoms with van der Waals surface area (Å²) in [6.45, 7) is 2.52. The van der Waals surface area contributed by atoms with E-state index in [1.165, 1.54) is 19.8 Å². The van der Waals surface area contributed by atoms with Crippen molar-refractivity contribution in [1.82, 2.24) is 5.32 Å². The van der Waals surface area contributed by atoms with Crippen LogP contribution in [0.25, 0.3) is 0 Å². The van der Waals surface area contributed by atoms with E-state index < -0.39 is 6.17 Å². The van der Waals surface area contributed by atoms with Gasteiger partial charge in [0.15, 0.2) is 0 Å². The Morgan fingerprint density at radius 3 is 2.47 bits per heavy atom. The van der Waals surface area contributed by atoms with Crippen molar-refractivity contribution in [3.05, 3.63) is 23.3 Å². The Hall–Kier alpha value is -1.29. The molecule has 3 nitrogen and oxygen atoms in total. The lowest BCUT2D eigenvalue weighted by atomic mass is 9.94. The summed E-state index contributed by atoms with van der Waals surface area (Å²) in [5.74, 6) is 1.33. The molecule has 19 heavy (non-hydrogen) atoms. The third-order valence-corrected chi connectivity index (χ3v) is 3.70. The molecule has 0 aromatic heterocycles. The minimum Gasteiger partial charge on any atom is -0.496 e. The monoisotopic (exact) mass is 267 g/mol. The fraction of sp³-hybridized carbons (Fsp3) is 0.600. The van der Waals surface area contributed by atoms with Crippen LogP contribution in [0.5, 0.6) is 11.5 Å². The molecule has 1 aliphatic rings. The zero-order valence-corrected chi connectivity index (χ0v) is 11.8. The highest BCUT2D eigenvalue weighted by molar-refractivity contribution is 5.49. The van der Waals surface area contributed by atoms with Crippen LogP contribution in [0.15, 0.2) is 12.1 Å². The van der Waals surface area contributed by atoms with Crippen LogP contribution in [0.1, 0.15) is 49.5 Å². The number of nitrogens with one attached hydrogen (secondary N) is 1. The number of methoxy groups -OCH3 is 2. The van der Waals surface area contributed by atoms with E-state index in [2.05, 4.69) is 5.32 Å². The van der Waals surface area contributed by atoms with Crippen LogP contribution in [0.4, 0.5) is 4.39 Å². The van der Waals surface area contributed by atoms with Crippen LogP contribution in [0.3, 0.4) is 0 Å². The quantitative estimate of drug-likeness (QED) is 0.905. The number of halogens is 1. The van der Waals surface area contributed by atoms with Crippen molar-refractivity contribution >= 4 is 0 Å². The summed E-state index contributed by atoms with van der Waals surface area (Å²) < 4.78 is 24.4. The van der Waals surface area contributed by atoms with Crippen LogP contribution >= 0.6 is 0 Å². The van der Waals surface area contributed by atoms with Gasteiger partial charge in [-0.3, -0.25) is 0 Å². The molecule has 0 aliphatic carbocycles. The predicted octanol–water partition coefficient (Wildman–Crippen LogP) is 3.55. The lowest BCUT2D eigenvalue weighted by Gasteiger charge is -2.26. The molecule has 2 unspecified atom stereocenters. The molecule has 1 N–H and O–H groups in total. The Morgan fingerprint density at radius 2 is 1.95 bits per heavy atom. The predicted molar refractivity (Wildman–Crippen MR) is 73.7 cm³/mol. The Labute approximate surface area is 114 Å². The molecule has 1 aromatic rings. The molecular formula is C15H22FNO2. The van der Waals surface area contributed by atoms with Gasteiger partial charge in [0.2, 0.25) is 0 Å². The second kappa shape index (κ2) is 6.24. The summed E-state index contributed by atoms with van der Waals surface area (Å²) in [5.41, 5.74) is 1.60. The van der Waals surface area contributed by atoms with Crippen LogP contribution in [-0.4, -0.2) is 20.8 Å². The number of hydrogen-bond acceptors (Lipinski definition) is 3. The maximum atomic E-state index is 13.6. The van der Waals surface area contributed by atoms with Gasteiger partial charge in [0.05, 0.1) is 14.2 Å². The van der Waals surface area contributed by atoms with Crippen molar-refractivity contribution < 1.29 is 13.9 Å². The van der Waals surface area contributed by atoms with E-state index >= 15 is 0 Å². The number of benzene rings is 1. The second-order valence-corrected chi connectivity index (χ2v) is 4.95. The summed E-state index contributed by atoms with van der Waals surface area (Å²) in [4.78, 5) is 0. The van der Waals surface area contributed by atoms with Gasteiger partial charge in [-0.05, 0) is 38.4 Å². The Balaban J connectivity index is 2.41. The van der Waals surface area contributed by atoms with Gasteiger partial charge in [-0.2, -0.15) is 0 Å². The van der Waals surface area contributed by atoms with Gasteiger partial charge < -0.3 is 14.8 Å². The molecule has 0 bridgehead atoms. The van der Waals surface area contributed by atoms with Gasteiger partial charge in [-0.1, -0.05) is 6.42 Å². The summed E-state index contributed by atoms with van der Waals surface area (Å²) in [5, 5.41) is 3.48. The van der Waals surface area contributed by atoms with E-state index in [1.807, 2.05) is 6.07 Å². The highest BCUT2D eigenvalue weighted by atomic mass is 19.1. The molecular weight excluding hydrogens is 245 g/mol. The number of hydrogen-bond donors (Lipinski definition) is 1. The zero-order chi connectivity index (χ0) is 13.8. The first-order valence-corrected chi connectivity index (χ1v) is 6.80. The van der Waals surface area contributed by atoms with Gasteiger partial charge >= 0.3 is 0 Å². The van der Waals surface area contributed by atoms with Gasteiger partial charge in [0.25, 0.3) is 0 Å². The van der Waals surface area contributed by atoms with E-state index in [4.69, 9.17) is 9.47 Å². The van der Waals surface area contributed by atoms with E-state index in [0.717, 1.165) is 24.3 Å². The molecule has 0 saturated carbocycles. The molecule has 1 aliphatic heterocycles. The molecule has 1 fully saturated rings. The Kier molecular flexibility index (Phi) is 4.64. The second-order valence-electron chi connectivity index (χ2n) is 4.95. The maximum absolute atomic E-state index is 13.6. The largest absolute Gasteiger partial charge is 0.496 e. The third kappa shape index (κ3) is 3.00. The highest BCUT2D eigenvalue weighted by Crippen LogP contribution is 2.38. The zero-order valence-electron chi connectivity index (χ0n) is 11.8. The van der Waals surface area contributed by atoms with Crippen LogP contribution in [0, 0.1) is 0 Å². The van der Waals surface area contributed by atoms with Crippen molar-refractivity contribution in [2.24, 2.45) is 0 Å². The average molecular weight is 267 g/mol. The Morgan fingerprint density at radius 1 is 1.21 bits per heavy atom. The molecule has 4 heteroatoms. The number of alkyl halides is 1. The number of rotatable bonds is 4. The summed E-state index contributed by atoms with van der Waals surface area (Å²) in [6, 6.07) is 3.93. The average Bonchev–Trinajstić information content (AvgIpc) is 2.46.